The first-order valence-electron chi connectivity index (χ1n) is 11.5. The van der Waals surface area contributed by atoms with Crippen LogP contribution in [0.15, 0.2) is 48.5 Å². The topological polar surface area (TPSA) is 131 Å². The highest BCUT2D eigenvalue weighted by Gasteiger charge is 2.49. The number of benzene rings is 2. The van der Waals surface area contributed by atoms with Gasteiger partial charge >= 0.3 is 18.0 Å². The summed E-state index contributed by atoms with van der Waals surface area (Å²) in [4.78, 5) is 50.9. The van der Waals surface area contributed by atoms with Crippen molar-refractivity contribution < 1.29 is 38.5 Å². The Bertz CT molecular complexity index is 1150. The Morgan fingerprint density at radius 3 is 2.22 bits per heavy atom. The summed E-state index contributed by atoms with van der Waals surface area (Å²) in [5.41, 5.74) is 2.92. The Labute approximate surface area is 208 Å². The molecule has 2 amide bonds. The molecule has 2 N–H and O–H groups in total. The molecule has 190 valence electrons. The van der Waals surface area contributed by atoms with Crippen molar-refractivity contribution in [1.82, 2.24) is 10.2 Å². The zero-order valence-corrected chi connectivity index (χ0v) is 20.2. The van der Waals surface area contributed by atoms with Gasteiger partial charge in [0.2, 0.25) is 5.91 Å². The summed E-state index contributed by atoms with van der Waals surface area (Å²) in [6.07, 6.45) is -1.41. The number of alkyl carbamates (subject to hydrolysis) is 1. The van der Waals surface area contributed by atoms with E-state index in [2.05, 4.69) is 10.1 Å². The molecule has 2 aromatic carbocycles. The number of esters is 1. The van der Waals surface area contributed by atoms with Crippen molar-refractivity contribution in [1.29, 1.82) is 0 Å². The van der Waals surface area contributed by atoms with E-state index in [1.54, 1.807) is 0 Å². The maximum absolute atomic E-state index is 13.4. The summed E-state index contributed by atoms with van der Waals surface area (Å²) in [6, 6.07) is 13.0. The molecule has 1 heterocycles. The Morgan fingerprint density at radius 2 is 1.67 bits per heavy atom. The highest BCUT2D eigenvalue weighted by molar-refractivity contribution is 5.93. The first kappa shape index (κ1) is 25.2. The van der Waals surface area contributed by atoms with E-state index in [1.807, 2.05) is 48.5 Å². The van der Waals surface area contributed by atoms with E-state index < -0.39 is 48.2 Å². The molecular weight excluding hydrogens is 468 g/mol. The minimum atomic E-state index is -1.41. The van der Waals surface area contributed by atoms with Crippen LogP contribution >= 0.6 is 0 Å². The number of methoxy groups -OCH3 is 1. The van der Waals surface area contributed by atoms with Crippen molar-refractivity contribution in [2.75, 3.05) is 20.3 Å². The van der Waals surface area contributed by atoms with Gasteiger partial charge in [0.05, 0.1) is 20.1 Å². The first-order valence-corrected chi connectivity index (χ1v) is 11.5. The number of carboxylic acids is 1. The molecule has 4 rings (SSSR count). The van der Waals surface area contributed by atoms with Gasteiger partial charge in [-0.25, -0.2) is 9.59 Å². The van der Waals surface area contributed by atoms with E-state index in [4.69, 9.17) is 9.47 Å². The molecule has 0 spiro atoms. The number of hydrogen-bond acceptors (Lipinski definition) is 7. The Kier molecular flexibility index (Phi) is 6.98. The number of fused-ring (bicyclic) bond motifs is 3. The largest absolute Gasteiger partial charge is 0.480 e. The average Bonchev–Trinajstić information content (AvgIpc) is 3.35. The number of amides is 2. The van der Waals surface area contributed by atoms with Crippen LogP contribution in [0.3, 0.4) is 0 Å². The number of aliphatic carboxylic acids is 1. The Balaban J connectivity index is 1.50. The van der Waals surface area contributed by atoms with E-state index in [0.29, 0.717) is 0 Å². The number of carbonyl (C=O) groups is 4. The van der Waals surface area contributed by atoms with Gasteiger partial charge in [0, 0.05) is 5.92 Å². The number of hydrogen-bond donors (Lipinski definition) is 2. The van der Waals surface area contributed by atoms with Gasteiger partial charge in [0.15, 0.2) is 6.04 Å². The predicted molar refractivity (Wildman–Crippen MR) is 127 cm³/mol. The lowest BCUT2D eigenvalue weighted by Crippen LogP contribution is -2.58. The van der Waals surface area contributed by atoms with Gasteiger partial charge < -0.3 is 24.6 Å². The monoisotopic (exact) mass is 496 g/mol. The summed E-state index contributed by atoms with van der Waals surface area (Å²) in [7, 11) is 1.15. The maximum Gasteiger partial charge on any atom is 0.407 e. The molecule has 10 nitrogen and oxygen atoms in total. The molecule has 0 saturated carbocycles. The van der Waals surface area contributed by atoms with Gasteiger partial charge in [-0.2, -0.15) is 0 Å². The molecule has 1 aliphatic heterocycles. The highest BCUT2D eigenvalue weighted by Crippen LogP contribution is 2.44. The van der Waals surface area contributed by atoms with Crippen molar-refractivity contribution in [3.63, 3.8) is 0 Å². The number of carboxylic acid groups (broad SMARTS) is 1. The van der Waals surface area contributed by atoms with Crippen molar-refractivity contribution in [3.8, 4) is 11.1 Å². The molecule has 1 fully saturated rings. The van der Waals surface area contributed by atoms with Crippen LogP contribution in [-0.4, -0.2) is 72.1 Å². The fraction of sp³-hybridized carbons (Fsp3) is 0.385. The third kappa shape index (κ3) is 4.76. The summed E-state index contributed by atoms with van der Waals surface area (Å²) in [5.74, 6) is -2.99. The summed E-state index contributed by atoms with van der Waals surface area (Å²) in [6.45, 7) is 2.87. The van der Waals surface area contributed by atoms with Crippen LogP contribution in [-0.2, 0) is 28.6 Å². The smallest absolute Gasteiger partial charge is 0.407 e. The van der Waals surface area contributed by atoms with Gasteiger partial charge in [-0.1, -0.05) is 48.5 Å². The first-order chi connectivity index (χ1) is 17.1. The fourth-order valence-electron chi connectivity index (χ4n) is 4.80. The normalized spacial score (nSPS) is 18.6. The van der Waals surface area contributed by atoms with Gasteiger partial charge in [0.1, 0.15) is 18.4 Å². The number of rotatable bonds is 7. The van der Waals surface area contributed by atoms with Gasteiger partial charge in [0.25, 0.3) is 0 Å². The van der Waals surface area contributed by atoms with Crippen molar-refractivity contribution in [2.24, 2.45) is 0 Å². The highest BCUT2D eigenvalue weighted by atomic mass is 16.6. The molecule has 1 unspecified atom stereocenters. The molecule has 10 heteroatoms. The van der Waals surface area contributed by atoms with Crippen LogP contribution in [0, 0.1) is 0 Å². The lowest BCUT2D eigenvalue weighted by Gasteiger charge is -2.34. The molecule has 2 atom stereocenters. The molecule has 0 radical (unpaired) electrons. The van der Waals surface area contributed by atoms with E-state index in [-0.39, 0.29) is 19.1 Å². The number of carbonyl (C=O) groups excluding carboxylic acids is 3. The molecular formula is C26H28N2O8. The van der Waals surface area contributed by atoms with Crippen LogP contribution in [0.5, 0.6) is 0 Å². The van der Waals surface area contributed by atoms with Crippen molar-refractivity contribution in [3.05, 3.63) is 59.7 Å². The maximum atomic E-state index is 13.4. The Morgan fingerprint density at radius 1 is 1.08 bits per heavy atom. The van der Waals surface area contributed by atoms with Crippen LogP contribution in [0.4, 0.5) is 4.79 Å². The standard InChI is InChI=1S/C26H28N2O8/c1-26(2)28(21(14-36-26)24(31)32)23(30)20(12-22(29)34-3)27-25(33)35-13-19-17-10-6-4-8-15(17)16-9-5-7-11-18(16)19/h4-11,19-21H,12-14H2,1-3H3,(H,27,33)(H,31,32)/t20-,21?/m1/s1. The van der Waals surface area contributed by atoms with E-state index in [0.717, 1.165) is 34.3 Å². The predicted octanol–water partition coefficient (Wildman–Crippen LogP) is 2.50. The number of nitrogens with one attached hydrogen (secondary N) is 1. The Hall–Kier alpha value is -3.92. The summed E-state index contributed by atoms with van der Waals surface area (Å²) < 4.78 is 15.7. The fourth-order valence-corrected chi connectivity index (χ4v) is 4.80. The zero-order valence-electron chi connectivity index (χ0n) is 20.2. The van der Waals surface area contributed by atoms with Crippen molar-refractivity contribution in [2.45, 2.75) is 44.0 Å². The van der Waals surface area contributed by atoms with Crippen LogP contribution in [0.1, 0.15) is 37.3 Å². The SMILES string of the molecule is COC(=O)C[C@@H](NC(=O)OCC1c2ccccc2-c2ccccc21)C(=O)N1C(C(=O)O)COC1(C)C. The second-order valence-corrected chi connectivity index (χ2v) is 9.12. The van der Waals surface area contributed by atoms with Crippen molar-refractivity contribution >= 4 is 23.9 Å². The number of nitrogens with zero attached hydrogens (tertiary/aromatic N) is 1. The molecule has 0 bridgehead atoms. The quantitative estimate of drug-likeness (QED) is 0.559. The van der Waals surface area contributed by atoms with E-state index in [9.17, 15) is 24.3 Å². The zero-order chi connectivity index (χ0) is 26.0. The number of ether oxygens (including phenoxy) is 3. The van der Waals surface area contributed by atoms with Gasteiger partial charge in [-0.05, 0) is 36.1 Å². The minimum absolute atomic E-state index is 0.00899. The second kappa shape index (κ2) is 9.98. The lowest BCUT2D eigenvalue weighted by atomic mass is 9.98. The van der Waals surface area contributed by atoms with Gasteiger partial charge in [-0.15, -0.1) is 0 Å². The third-order valence-electron chi connectivity index (χ3n) is 6.54. The third-order valence-corrected chi connectivity index (χ3v) is 6.54. The molecule has 1 aliphatic carbocycles. The van der Waals surface area contributed by atoms with Gasteiger partial charge in [-0.3, -0.25) is 14.5 Å². The molecule has 2 aromatic rings. The lowest BCUT2D eigenvalue weighted by molar-refractivity contribution is -0.158. The molecule has 2 aliphatic rings. The molecule has 1 saturated heterocycles. The molecule has 0 aromatic heterocycles. The second-order valence-electron chi connectivity index (χ2n) is 9.12. The van der Waals surface area contributed by atoms with Crippen LogP contribution < -0.4 is 5.32 Å². The van der Waals surface area contributed by atoms with E-state index >= 15 is 0 Å². The minimum Gasteiger partial charge on any atom is -0.480 e. The van der Waals surface area contributed by atoms with Crippen LogP contribution in [0.25, 0.3) is 11.1 Å². The van der Waals surface area contributed by atoms with E-state index in [1.165, 1.54) is 13.8 Å². The summed E-state index contributed by atoms with van der Waals surface area (Å²) in [5, 5.41) is 12.0. The average molecular weight is 497 g/mol. The van der Waals surface area contributed by atoms with Crippen LogP contribution in [0.2, 0.25) is 0 Å². The molecule has 36 heavy (non-hydrogen) atoms. The summed E-state index contributed by atoms with van der Waals surface area (Å²) >= 11 is 0.